The number of aromatic nitrogens is 1. The van der Waals surface area contributed by atoms with Gasteiger partial charge in [0.2, 0.25) is 0 Å². The number of hydrogen-bond acceptors (Lipinski definition) is 3. The van der Waals surface area contributed by atoms with Crippen LogP contribution in [0, 0.1) is 5.82 Å². The standard InChI is InChI=1S/C21H29FN4O/c1-24(2)11-4-10-23-21(27)20-13-17-15-26(12-9-19(17)25(20)3)14-16-5-7-18(22)8-6-16/h5-8,13H,4,9-12,14-15H2,1-3H3,(H,23,27). The number of benzene rings is 1. The fraction of sp³-hybridized carbons (Fsp3) is 0.476. The van der Waals surface area contributed by atoms with Crippen molar-refractivity contribution in [1.82, 2.24) is 19.7 Å². The van der Waals surface area contributed by atoms with Crippen LogP contribution in [-0.4, -0.2) is 54.0 Å². The second-order valence-corrected chi connectivity index (χ2v) is 7.56. The molecule has 0 unspecified atom stereocenters. The molecule has 0 saturated carbocycles. The van der Waals surface area contributed by atoms with Gasteiger partial charge in [0, 0.05) is 45.3 Å². The summed E-state index contributed by atoms with van der Waals surface area (Å²) in [5.41, 5.74) is 4.29. The first-order chi connectivity index (χ1) is 12.9. The molecule has 146 valence electrons. The minimum atomic E-state index is -0.205. The van der Waals surface area contributed by atoms with Crippen LogP contribution in [0.2, 0.25) is 0 Å². The molecule has 1 aliphatic heterocycles. The first-order valence-corrected chi connectivity index (χ1v) is 9.51. The van der Waals surface area contributed by atoms with Crippen molar-refractivity contribution >= 4 is 5.91 Å². The van der Waals surface area contributed by atoms with Gasteiger partial charge >= 0.3 is 0 Å². The molecule has 0 saturated heterocycles. The second kappa shape index (κ2) is 8.67. The van der Waals surface area contributed by atoms with Crippen molar-refractivity contribution < 1.29 is 9.18 Å². The van der Waals surface area contributed by atoms with Crippen molar-refractivity contribution in [1.29, 1.82) is 0 Å². The molecule has 2 heterocycles. The van der Waals surface area contributed by atoms with Crippen molar-refractivity contribution in [2.24, 2.45) is 7.05 Å². The largest absolute Gasteiger partial charge is 0.351 e. The van der Waals surface area contributed by atoms with Crippen LogP contribution in [0.15, 0.2) is 30.3 Å². The highest BCUT2D eigenvalue weighted by Crippen LogP contribution is 2.24. The molecule has 1 aromatic heterocycles. The van der Waals surface area contributed by atoms with E-state index in [2.05, 4.69) is 15.1 Å². The zero-order valence-electron chi connectivity index (χ0n) is 16.5. The first kappa shape index (κ1) is 19.6. The van der Waals surface area contributed by atoms with Gasteiger partial charge in [-0.15, -0.1) is 0 Å². The quantitative estimate of drug-likeness (QED) is 0.759. The Kier molecular flexibility index (Phi) is 6.29. The Morgan fingerprint density at radius 2 is 2.00 bits per heavy atom. The van der Waals surface area contributed by atoms with Gasteiger partial charge in [-0.05, 0) is 56.4 Å². The monoisotopic (exact) mass is 372 g/mol. The third kappa shape index (κ3) is 4.96. The van der Waals surface area contributed by atoms with Gasteiger partial charge in [0.05, 0.1) is 0 Å². The van der Waals surface area contributed by atoms with Gasteiger partial charge in [0.25, 0.3) is 5.91 Å². The lowest BCUT2D eigenvalue weighted by molar-refractivity contribution is 0.0944. The molecular weight excluding hydrogens is 343 g/mol. The summed E-state index contributed by atoms with van der Waals surface area (Å²) in [6.07, 6.45) is 1.86. The maximum Gasteiger partial charge on any atom is 0.267 e. The summed E-state index contributed by atoms with van der Waals surface area (Å²) in [7, 11) is 6.04. The summed E-state index contributed by atoms with van der Waals surface area (Å²) >= 11 is 0. The third-order valence-corrected chi connectivity index (χ3v) is 5.13. The zero-order valence-corrected chi connectivity index (χ0v) is 16.5. The van der Waals surface area contributed by atoms with Crippen LogP contribution in [0.1, 0.15) is 33.7 Å². The Hall–Kier alpha value is -2.18. The average Bonchev–Trinajstić information content (AvgIpc) is 2.97. The molecule has 2 aromatic rings. The molecule has 1 amide bonds. The van der Waals surface area contributed by atoms with Crippen molar-refractivity contribution in [3.05, 3.63) is 58.7 Å². The van der Waals surface area contributed by atoms with Gasteiger partial charge in [0.1, 0.15) is 11.5 Å². The van der Waals surface area contributed by atoms with E-state index in [9.17, 15) is 9.18 Å². The van der Waals surface area contributed by atoms with Gasteiger partial charge in [-0.2, -0.15) is 0 Å². The number of fused-ring (bicyclic) bond motifs is 1. The van der Waals surface area contributed by atoms with E-state index in [-0.39, 0.29) is 11.7 Å². The van der Waals surface area contributed by atoms with Crippen LogP contribution < -0.4 is 5.32 Å². The number of rotatable bonds is 7. The Labute approximate surface area is 160 Å². The summed E-state index contributed by atoms with van der Waals surface area (Å²) in [5, 5.41) is 3.03. The molecule has 0 bridgehead atoms. The number of carbonyl (C=O) groups is 1. The molecule has 27 heavy (non-hydrogen) atoms. The van der Waals surface area contributed by atoms with Crippen LogP contribution in [0.3, 0.4) is 0 Å². The van der Waals surface area contributed by atoms with Gasteiger partial charge in [0.15, 0.2) is 0 Å². The summed E-state index contributed by atoms with van der Waals surface area (Å²) < 4.78 is 15.1. The lowest BCUT2D eigenvalue weighted by Crippen LogP contribution is -2.30. The van der Waals surface area contributed by atoms with Crippen LogP contribution in [0.5, 0.6) is 0 Å². The highest BCUT2D eigenvalue weighted by atomic mass is 19.1. The predicted octanol–water partition coefficient (Wildman–Crippen LogP) is 2.40. The molecule has 3 rings (SSSR count). The van der Waals surface area contributed by atoms with Gasteiger partial charge < -0.3 is 14.8 Å². The maximum atomic E-state index is 13.1. The Balaban J connectivity index is 1.61. The van der Waals surface area contributed by atoms with E-state index in [0.29, 0.717) is 6.54 Å². The van der Waals surface area contributed by atoms with Gasteiger partial charge in [-0.25, -0.2) is 4.39 Å². The molecule has 5 nitrogen and oxygen atoms in total. The lowest BCUT2D eigenvalue weighted by Gasteiger charge is -2.27. The summed E-state index contributed by atoms with van der Waals surface area (Å²) in [4.78, 5) is 17.0. The zero-order chi connectivity index (χ0) is 19.4. The molecule has 1 aromatic carbocycles. The fourth-order valence-electron chi connectivity index (χ4n) is 3.64. The highest BCUT2D eigenvalue weighted by Gasteiger charge is 2.23. The van der Waals surface area contributed by atoms with E-state index >= 15 is 0 Å². The van der Waals surface area contributed by atoms with Crippen molar-refractivity contribution in [2.45, 2.75) is 25.9 Å². The normalized spacial score (nSPS) is 14.4. The average molecular weight is 372 g/mol. The molecule has 1 N–H and O–H groups in total. The summed E-state index contributed by atoms with van der Waals surface area (Å²) in [5.74, 6) is -0.209. The maximum absolute atomic E-state index is 13.1. The Morgan fingerprint density at radius 3 is 2.70 bits per heavy atom. The SMILES string of the molecule is CN(C)CCCNC(=O)c1cc2c(n1C)CCN(Cc1ccc(F)cc1)C2. The topological polar surface area (TPSA) is 40.5 Å². The van der Waals surface area contributed by atoms with Crippen molar-refractivity contribution in [2.75, 3.05) is 33.7 Å². The van der Waals surface area contributed by atoms with Crippen molar-refractivity contribution in [3.8, 4) is 0 Å². The Bertz CT molecular complexity index is 782. The highest BCUT2D eigenvalue weighted by molar-refractivity contribution is 5.93. The van der Waals surface area contributed by atoms with Crippen LogP contribution >= 0.6 is 0 Å². The van der Waals surface area contributed by atoms with E-state index < -0.39 is 0 Å². The third-order valence-electron chi connectivity index (χ3n) is 5.13. The summed E-state index contributed by atoms with van der Waals surface area (Å²) in [6.45, 7) is 4.19. The number of nitrogens with zero attached hydrogens (tertiary/aromatic N) is 3. The predicted molar refractivity (Wildman–Crippen MR) is 105 cm³/mol. The van der Waals surface area contributed by atoms with Crippen LogP contribution in [0.25, 0.3) is 0 Å². The molecule has 1 aliphatic rings. The second-order valence-electron chi connectivity index (χ2n) is 7.56. The lowest BCUT2D eigenvalue weighted by atomic mass is 10.1. The Morgan fingerprint density at radius 1 is 1.26 bits per heavy atom. The van der Waals surface area contributed by atoms with Crippen molar-refractivity contribution in [3.63, 3.8) is 0 Å². The van der Waals surface area contributed by atoms with E-state index in [4.69, 9.17) is 0 Å². The number of amides is 1. The number of hydrogen-bond donors (Lipinski definition) is 1. The molecule has 6 heteroatoms. The number of halogens is 1. The summed E-state index contributed by atoms with van der Waals surface area (Å²) in [6, 6.07) is 8.70. The molecule has 0 spiro atoms. The number of carbonyl (C=O) groups excluding carboxylic acids is 1. The minimum absolute atomic E-state index is 0.00394. The van der Waals surface area contributed by atoms with Gasteiger partial charge in [-0.3, -0.25) is 9.69 Å². The molecule has 0 radical (unpaired) electrons. The van der Waals surface area contributed by atoms with E-state index in [1.165, 1.54) is 23.4 Å². The first-order valence-electron chi connectivity index (χ1n) is 9.51. The molecule has 0 atom stereocenters. The van der Waals surface area contributed by atoms with Gasteiger partial charge in [-0.1, -0.05) is 12.1 Å². The van der Waals surface area contributed by atoms with Crippen LogP contribution in [-0.2, 0) is 26.6 Å². The van der Waals surface area contributed by atoms with E-state index in [0.717, 1.165) is 50.3 Å². The minimum Gasteiger partial charge on any atom is -0.351 e. The molecule has 0 fully saturated rings. The van der Waals surface area contributed by atoms with Crippen LogP contribution in [0.4, 0.5) is 4.39 Å². The fourth-order valence-corrected chi connectivity index (χ4v) is 3.64. The molecule has 0 aliphatic carbocycles. The van der Waals surface area contributed by atoms with E-state index in [1.54, 1.807) is 0 Å². The smallest absolute Gasteiger partial charge is 0.267 e. The molecular formula is C21H29FN4O. The number of nitrogens with one attached hydrogen (secondary N) is 1. The van der Waals surface area contributed by atoms with E-state index in [1.807, 2.05) is 43.9 Å².